The van der Waals surface area contributed by atoms with Crippen LogP contribution in [0.4, 0.5) is 4.39 Å². The summed E-state index contributed by atoms with van der Waals surface area (Å²) in [7, 11) is -1.70. The molecule has 9 nitrogen and oxygen atoms in total. The molecule has 1 saturated heterocycles. The number of aliphatic hydroxyl groups is 1. The van der Waals surface area contributed by atoms with E-state index in [0.29, 0.717) is 37.5 Å². The molecule has 2 fully saturated rings. The lowest BCUT2D eigenvalue weighted by atomic mass is 10.1. The maximum atomic E-state index is 13.9. The topological polar surface area (TPSA) is 106 Å². The van der Waals surface area contributed by atoms with Gasteiger partial charge in [0.25, 0.3) is 0 Å². The molecule has 2 atom stereocenters. The Balaban J connectivity index is 1.42. The predicted octanol–water partition coefficient (Wildman–Crippen LogP) is 1.21. The van der Waals surface area contributed by atoms with Gasteiger partial charge in [-0.3, -0.25) is 0 Å². The Morgan fingerprint density at radius 2 is 2.10 bits per heavy atom. The Kier molecular flexibility index (Phi) is 8.02. The van der Waals surface area contributed by atoms with Crippen LogP contribution in [0.5, 0.6) is 5.75 Å². The zero-order chi connectivity index (χ0) is 21.7. The molecular formula is C19H32FN5O4S. The second kappa shape index (κ2) is 10.3. The largest absolute Gasteiger partial charge is 0.490 e. The minimum Gasteiger partial charge on any atom is -0.490 e. The lowest BCUT2D eigenvalue weighted by Crippen LogP contribution is -2.42. The van der Waals surface area contributed by atoms with Crippen molar-refractivity contribution in [3.05, 3.63) is 29.6 Å². The lowest BCUT2D eigenvalue weighted by molar-refractivity contribution is -0.0844. The van der Waals surface area contributed by atoms with Crippen molar-refractivity contribution < 1.29 is 22.7 Å². The van der Waals surface area contributed by atoms with Crippen molar-refractivity contribution in [2.45, 2.75) is 51.4 Å². The summed E-state index contributed by atoms with van der Waals surface area (Å²) in [4.78, 5) is 0. The third-order valence-electron chi connectivity index (χ3n) is 5.31. The summed E-state index contributed by atoms with van der Waals surface area (Å²) < 4.78 is 47.0. The summed E-state index contributed by atoms with van der Waals surface area (Å²) in [5.74, 6) is 0.251. The van der Waals surface area contributed by atoms with Crippen LogP contribution in [-0.4, -0.2) is 56.0 Å². The molecule has 1 aromatic carbocycles. The number of benzene rings is 1. The zero-order valence-corrected chi connectivity index (χ0v) is 18.3. The van der Waals surface area contributed by atoms with Crippen LogP contribution in [0.3, 0.4) is 0 Å². The molecule has 0 spiro atoms. The maximum Gasteiger partial charge on any atom is 0.212 e. The van der Waals surface area contributed by atoms with E-state index in [2.05, 4.69) is 15.7 Å². The summed E-state index contributed by atoms with van der Waals surface area (Å²) in [6, 6.07) is 3.98. The van der Waals surface area contributed by atoms with E-state index in [4.69, 9.17) is 4.74 Å². The van der Waals surface area contributed by atoms with Crippen molar-refractivity contribution in [1.29, 1.82) is 0 Å². The van der Waals surface area contributed by atoms with Gasteiger partial charge in [0.1, 0.15) is 0 Å². The normalized spacial score (nSPS) is 21.8. The molecule has 0 aromatic heterocycles. The fraction of sp³-hybridized carbons (Fsp3) is 0.684. The average molecular weight is 446 g/mol. The van der Waals surface area contributed by atoms with Crippen LogP contribution in [-0.2, 0) is 10.0 Å². The fourth-order valence-corrected chi connectivity index (χ4v) is 4.63. The van der Waals surface area contributed by atoms with Crippen LogP contribution in [0, 0.1) is 11.7 Å². The Morgan fingerprint density at radius 3 is 2.77 bits per heavy atom. The smallest absolute Gasteiger partial charge is 0.212 e. The molecule has 0 radical (unpaired) electrons. The molecule has 170 valence electrons. The van der Waals surface area contributed by atoms with E-state index in [1.165, 1.54) is 6.07 Å². The Morgan fingerprint density at radius 1 is 1.33 bits per heavy atom. The van der Waals surface area contributed by atoms with Crippen LogP contribution >= 0.6 is 0 Å². The van der Waals surface area contributed by atoms with E-state index in [0.717, 1.165) is 19.3 Å². The minimum absolute atomic E-state index is 0.0124. The number of unbranched alkanes of at least 4 members (excludes halogenated alkanes) is 2. The number of rotatable bonds is 12. The van der Waals surface area contributed by atoms with Crippen molar-refractivity contribution in [2.75, 3.05) is 26.0 Å². The predicted molar refractivity (Wildman–Crippen MR) is 111 cm³/mol. The second-order valence-corrected chi connectivity index (χ2v) is 9.85. The van der Waals surface area contributed by atoms with Gasteiger partial charge in [-0.2, -0.15) is 15.7 Å². The first-order valence-electron chi connectivity index (χ1n) is 10.4. The number of sulfonamides is 1. The van der Waals surface area contributed by atoms with Crippen molar-refractivity contribution in [1.82, 2.24) is 25.8 Å². The monoisotopic (exact) mass is 445 g/mol. The van der Waals surface area contributed by atoms with Gasteiger partial charge in [-0.05, 0) is 56.2 Å². The Labute approximate surface area is 177 Å². The number of hydrazine groups is 3. The van der Waals surface area contributed by atoms with E-state index in [-0.39, 0.29) is 11.5 Å². The lowest BCUT2D eigenvalue weighted by Gasteiger charge is -2.23. The number of aliphatic hydroxyl groups excluding tert-OH is 1. The molecule has 1 saturated carbocycles. The molecule has 30 heavy (non-hydrogen) atoms. The second-order valence-electron chi connectivity index (χ2n) is 7.98. The molecule has 0 bridgehead atoms. The van der Waals surface area contributed by atoms with Gasteiger partial charge in [0.05, 0.1) is 12.4 Å². The van der Waals surface area contributed by atoms with Crippen molar-refractivity contribution in [3.63, 3.8) is 0 Å². The van der Waals surface area contributed by atoms with Gasteiger partial charge in [-0.1, -0.05) is 12.5 Å². The molecular weight excluding hydrogens is 413 g/mol. The van der Waals surface area contributed by atoms with Gasteiger partial charge in [0.2, 0.25) is 10.0 Å². The highest BCUT2D eigenvalue weighted by molar-refractivity contribution is 7.89. The van der Waals surface area contributed by atoms with Gasteiger partial charge in [-0.25, -0.2) is 23.0 Å². The SMILES string of the molecule is C[C@@H](NS(=O)(=O)CCCCCN1C(O)NNN1C)c1ccc(F)c(OCC2CC2)c1. The van der Waals surface area contributed by atoms with E-state index in [1.807, 2.05) is 0 Å². The molecule has 2 aliphatic rings. The number of hydrogen-bond acceptors (Lipinski definition) is 8. The summed E-state index contributed by atoms with van der Waals surface area (Å²) in [5, 5.41) is 13.1. The van der Waals surface area contributed by atoms with Gasteiger partial charge >= 0.3 is 0 Å². The van der Waals surface area contributed by atoms with E-state index < -0.39 is 28.2 Å². The molecule has 1 aromatic rings. The number of hydrogen-bond donors (Lipinski definition) is 4. The zero-order valence-electron chi connectivity index (χ0n) is 17.5. The number of halogens is 1. The quantitative estimate of drug-likeness (QED) is 0.356. The van der Waals surface area contributed by atoms with Crippen molar-refractivity contribution in [2.24, 2.45) is 5.92 Å². The molecule has 3 rings (SSSR count). The fourth-order valence-electron chi connectivity index (χ4n) is 3.26. The van der Waals surface area contributed by atoms with Gasteiger partial charge in [0, 0.05) is 19.6 Å². The molecule has 1 heterocycles. The molecule has 11 heteroatoms. The summed E-state index contributed by atoms with van der Waals surface area (Å²) >= 11 is 0. The maximum absolute atomic E-state index is 13.9. The number of nitrogens with one attached hydrogen (secondary N) is 3. The van der Waals surface area contributed by atoms with E-state index in [1.54, 1.807) is 36.2 Å². The Hall–Kier alpha value is -1.34. The third-order valence-corrected chi connectivity index (χ3v) is 6.85. The van der Waals surface area contributed by atoms with Gasteiger partial charge in [0.15, 0.2) is 17.9 Å². The summed E-state index contributed by atoms with van der Waals surface area (Å²) in [5.41, 5.74) is 6.09. The molecule has 1 unspecified atom stereocenters. The summed E-state index contributed by atoms with van der Waals surface area (Å²) in [6.45, 7) is 2.83. The van der Waals surface area contributed by atoms with Crippen LogP contribution in [0.2, 0.25) is 0 Å². The molecule has 0 amide bonds. The van der Waals surface area contributed by atoms with Crippen molar-refractivity contribution in [3.8, 4) is 5.75 Å². The first-order valence-corrected chi connectivity index (χ1v) is 12.0. The number of ether oxygens (including phenoxy) is 1. The first-order chi connectivity index (χ1) is 14.2. The first kappa shape index (κ1) is 23.3. The highest BCUT2D eigenvalue weighted by Crippen LogP contribution is 2.31. The van der Waals surface area contributed by atoms with Gasteiger partial charge in [-0.15, -0.1) is 0 Å². The molecule has 4 N–H and O–H groups in total. The van der Waals surface area contributed by atoms with Crippen LogP contribution < -0.4 is 20.4 Å². The highest BCUT2D eigenvalue weighted by Gasteiger charge is 2.26. The van der Waals surface area contributed by atoms with Crippen LogP contribution in [0.1, 0.15) is 50.6 Å². The van der Waals surface area contributed by atoms with E-state index >= 15 is 0 Å². The van der Waals surface area contributed by atoms with Crippen molar-refractivity contribution >= 4 is 10.0 Å². The Bertz CT molecular complexity index is 798. The summed E-state index contributed by atoms with van der Waals surface area (Å²) in [6.07, 6.45) is 3.39. The molecule has 1 aliphatic heterocycles. The third kappa shape index (κ3) is 6.84. The van der Waals surface area contributed by atoms with Crippen LogP contribution in [0.15, 0.2) is 18.2 Å². The molecule has 1 aliphatic carbocycles. The minimum atomic E-state index is -3.47. The average Bonchev–Trinajstić information content (AvgIpc) is 3.46. The van der Waals surface area contributed by atoms with Crippen LogP contribution in [0.25, 0.3) is 0 Å². The highest BCUT2D eigenvalue weighted by atomic mass is 32.2. The van der Waals surface area contributed by atoms with Gasteiger partial charge < -0.3 is 9.84 Å². The standard InChI is InChI=1S/C19H32FN5O4S/c1-14(16-8-9-17(20)18(12-16)29-13-15-6-7-15)22-30(27,28)11-5-3-4-10-25-19(26)21-23-24(25)2/h8-9,12,14-15,19,21-23,26H,3-7,10-11,13H2,1-2H3/t14-,19?/m1/s1. The number of nitrogens with zero attached hydrogens (tertiary/aromatic N) is 2. The van der Waals surface area contributed by atoms with E-state index in [9.17, 15) is 17.9 Å².